The molecule has 0 spiro atoms. The summed E-state index contributed by atoms with van der Waals surface area (Å²) >= 11 is 0. The van der Waals surface area contributed by atoms with Crippen LogP contribution in [0.2, 0.25) is 0 Å². The van der Waals surface area contributed by atoms with Crippen LogP contribution in [0.3, 0.4) is 0 Å². The molecule has 1 N–H and O–H groups in total. The zero-order valence-electron chi connectivity index (χ0n) is 9.81. The fraction of sp³-hybridized carbons (Fsp3) is 0.500. The number of halogens is 2. The molecule has 2 nitrogen and oxygen atoms in total. The summed E-state index contributed by atoms with van der Waals surface area (Å²) in [5, 5.41) is 3.01. The van der Waals surface area contributed by atoms with Gasteiger partial charge < -0.3 is 4.74 Å². The molecular weight excluding hydrogens is 212 g/mol. The molecule has 1 aromatic carbocycles. The minimum Gasteiger partial charge on any atom is -0.370 e. The Morgan fingerprint density at radius 3 is 2.62 bits per heavy atom. The smallest absolute Gasteiger partial charge is 0.127 e. The van der Waals surface area contributed by atoms with Crippen molar-refractivity contribution in [1.29, 1.82) is 0 Å². The first kappa shape index (κ1) is 13.1. The van der Waals surface area contributed by atoms with Crippen molar-refractivity contribution in [3.05, 3.63) is 35.4 Å². The van der Waals surface area contributed by atoms with Crippen LogP contribution >= 0.6 is 0 Å². The van der Waals surface area contributed by atoms with Crippen molar-refractivity contribution in [2.24, 2.45) is 0 Å². The van der Waals surface area contributed by atoms with Gasteiger partial charge in [0.15, 0.2) is 0 Å². The molecule has 0 aliphatic heterocycles. The Labute approximate surface area is 94.6 Å². The Balaban J connectivity index is 2.83. The second-order valence-corrected chi connectivity index (χ2v) is 4.37. The van der Waals surface area contributed by atoms with Crippen molar-refractivity contribution in [3.63, 3.8) is 0 Å². The molecule has 0 aromatic heterocycles. The Bertz CT molecular complexity index is 353. The molecule has 0 unspecified atom stereocenters. The number of ether oxygens (including phenoxy) is 1. The van der Waals surface area contributed by atoms with Gasteiger partial charge in [0.05, 0.1) is 6.73 Å². The van der Waals surface area contributed by atoms with E-state index >= 15 is 0 Å². The largest absolute Gasteiger partial charge is 0.370 e. The highest BCUT2D eigenvalue weighted by Gasteiger charge is 2.24. The van der Waals surface area contributed by atoms with Crippen LogP contribution in [0.4, 0.5) is 8.78 Å². The number of hydrogen-bond donors (Lipinski definition) is 1. The normalized spacial score (nSPS) is 11.8. The highest BCUT2D eigenvalue weighted by atomic mass is 19.1. The van der Waals surface area contributed by atoms with Crippen molar-refractivity contribution in [1.82, 2.24) is 5.32 Å². The lowest BCUT2D eigenvalue weighted by Gasteiger charge is -2.26. The van der Waals surface area contributed by atoms with Gasteiger partial charge in [-0.2, -0.15) is 0 Å². The van der Waals surface area contributed by atoms with Crippen LogP contribution in [-0.4, -0.2) is 20.4 Å². The first-order chi connectivity index (χ1) is 7.47. The predicted molar refractivity (Wildman–Crippen MR) is 59.3 cm³/mol. The lowest BCUT2D eigenvalue weighted by atomic mass is 9.84. The minimum atomic E-state index is -0.481. The van der Waals surface area contributed by atoms with Crippen LogP contribution in [0.1, 0.15) is 19.4 Å². The van der Waals surface area contributed by atoms with Crippen LogP contribution < -0.4 is 5.32 Å². The zero-order chi connectivity index (χ0) is 12.2. The predicted octanol–water partition coefficient (Wildman–Crippen LogP) is 2.44. The van der Waals surface area contributed by atoms with Gasteiger partial charge >= 0.3 is 0 Å². The van der Waals surface area contributed by atoms with Crippen LogP contribution in [-0.2, 0) is 10.2 Å². The van der Waals surface area contributed by atoms with E-state index in [2.05, 4.69) is 5.32 Å². The van der Waals surface area contributed by atoms with Gasteiger partial charge in [-0.1, -0.05) is 13.8 Å². The Morgan fingerprint density at radius 2 is 2.00 bits per heavy atom. The molecule has 0 fully saturated rings. The van der Waals surface area contributed by atoms with Crippen LogP contribution in [0.25, 0.3) is 0 Å². The van der Waals surface area contributed by atoms with Crippen molar-refractivity contribution >= 4 is 0 Å². The molecule has 0 amide bonds. The molecular formula is C12H17F2NO. The Kier molecular flexibility index (Phi) is 4.38. The average molecular weight is 229 g/mol. The highest BCUT2D eigenvalue weighted by Crippen LogP contribution is 2.25. The lowest BCUT2D eigenvalue weighted by Crippen LogP contribution is -2.34. The Morgan fingerprint density at radius 1 is 1.31 bits per heavy atom. The van der Waals surface area contributed by atoms with E-state index in [1.165, 1.54) is 6.07 Å². The molecule has 0 aliphatic carbocycles. The van der Waals surface area contributed by atoms with Gasteiger partial charge in [-0.25, -0.2) is 8.78 Å². The quantitative estimate of drug-likeness (QED) is 0.618. The maximum absolute atomic E-state index is 13.5. The molecule has 16 heavy (non-hydrogen) atoms. The van der Waals surface area contributed by atoms with Crippen molar-refractivity contribution in [3.8, 4) is 0 Å². The summed E-state index contributed by atoms with van der Waals surface area (Å²) in [5.74, 6) is -0.804. The number of benzene rings is 1. The second-order valence-electron chi connectivity index (χ2n) is 4.37. The van der Waals surface area contributed by atoms with Crippen molar-refractivity contribution < 1.29 is 13.5 Å². The molecule has 0 bridgehead atoms. The van der Waals surface area contributed by atoms with Gasteiger partial charge in [0.25, 0.3) is 0 Å². The van der Waals surface area contributed by atoms with Gasteiger partial charge in [0.2, 0.25) is 0 Å². The fourth-order valence-electron chi connectivity index (χ4n) is 1.58. The highest BCUT2D eigenvalue weighted by molar-refractivity contribution is 5.26. The molecule has 4 heteroatoms. The average Bonchev–Trinajstić information content (AvgIpc) is 2.22. The van der Waals surface area contributed by atoms with Crippen LogP contribution in [0.15, 0.2) is 18.2 Å². The maximum atomic E-state index is 13.5. The van der Waals surface area contributed by atoms with Gasteiger partial charge in [0.1, 0.15) is 11.6 Å². The molecule has 1 aromatic rings. The summed E-state index contributed by atoms with van der Waals surface area (Å²) in [4.78, 5) is 0. The van der Waals surface area contributed by atoms with E-state index in [0.717, 1.165) is 12.1 Å². The summed E-state index contributed by atoms with van der Waals surface area (Å²) in [7, 11) is 1.57. The SMILES string of the molecule is COCNCC(C)(C)c1cc(F)ccc1F. The summed E-state index contributed by atoms with van der Waals surface area (Å²) < 4.78 is 31.5. The molecule has 0 aliphatic rings. The molecule has 0 saturated carbocycles. The van der Waals surface area contributed by atoms with E-state index in [4.69, 9.17) is 4.74 Å². The zero-order valence-corrected chi connectivity index (χ0v) is 9.81. The first-order valence-electron chi connectivity index (χ1n) is 5.12. The van der Waals surface area contributed by atoms with Gasteiger partial charge in [-0.05, 0) is 23.8 Å². The van der Waals surface area contributed by atoms with E-state index in [0.29, 0.717) is 18.8 Å². The second kappa shape index (κ2) is 5.37. The van der Waals surface area contributed by atoms with E-state index < -0.39 is 11.2 Å². The number of rotatable bonds is 5. The first-order valence-corrected chi connectivity index (χ1v) is 5.12. The number of methoxy groups -OCH3 is 1. The monoisotopic (exact) mass is 229 g/mol. The minimum absolute atomic E-state index is 0.371. The molecule has 0 atom stereocenters. The van der Waals surface area contributed by atoms with Crippen LogP contribution in [0, 0.1) is 11.6 Å². The van der Waals surface area contributed by atoms with E-state index in [-0.39, 0.29) is 5.82 Å². The topological polar surface area (TPSA) is 21.3 Å². The molecule has 1 rings (SSSR count). The third-order valence-electron chi connectivity index (χ3n) is 2.47. The number of hydrogen-bond acceptors (Lipinski definition) is 2. The molecule has 0 radical (unpaired) electrons. The Hall–Kier alpha value is -1.00. The number of nitrogens with one attached hydrogen (secondary N) is 1. The van der Waals surface area contributed by atoms with Crippen molar-refractivity contribution in [2.75, 3.05) is 20.4 Å². The lowest BCUT2D eigenvalue weighted by molar-refractivity contribution is 0.169. The molecule has 90 valence electrons. The van der Waals surface area contributed by atoms with E-state index in [1.54, 1.807) is 7.11 Å². The third-order valence-corrected chi connectivity index (χ3v) is 2.47. The van der Waals surface area contributed by atoms with Crippen molar-refractivity contribution in [2.45, 2.75) is 19.3 Å². The molecule has 0 saturated heterocycles. The summed E-state index contributed by atoms with van der Waals surface area (Å²) in [6.07, 6.45) is 0. The van der Waals surface area contributed by atoms with E-state index in [9.17, 15) is 8.78 Å². The van der Waals surface area contributed by atoms with Gasteiger partial charge in [-0.3, -0.25) is 5.32 Å². The standard InChI is InChI=1S/C12H17F2NO/c1-12(2,7-15-8-16-3)10-6-9(13)4-5-11(10)14/h4-6,15H,7-8H2,1-3H3. The summed E-state index contributed by atoms with van der Waals surface area (Å²) in [6.45, 7) is 4.61. The summed E-state index contributed by atoms with van der Waals surface area (Å²) in [5.41, 5.74) is -0.110. The third kappa shape index (κ3) is 3.25. The van der Waals surface area contributed by atoms with Gasteiger partial charge in [-0.15, -0.1) is 0 Å². The van der Waals surface area contributed by atoms with Crippen LogP contribution in [0.5, 0.6) is 0 Å². The van der Waals surface area contributed by atoms with E-state index in [1.807, 2.05) is 13.8 Å². The maximum Gasteiger partial charge on any atom is 0.127 e. The fourth-order valence-corrected chi connectivity index (χ4v) is 1.58. The van der Waals surface area contributed by atoms with Gasteiger partial charge in [0, 0.05) is 19.1 Å². The molecule has 0 heterocycles. The summed E-state index contributed by atoms with van der Waals surface area (Å²) in [6, 6.07) is 3.52.